The van der Waals surface area contributed by atoms with Crippen molar-refractivity contribution in [2.75, 3.05) is 36.4 Å². The van der Waals surface area contributed by atoms with Gasteiger partial charge >= 0.3 is 0 Å². The van der Waals surface area contributed by atoms with Crippen molar-refractivity contribution in [2.24, 2.45) is 5.92 Å². The molecule has 1 atom stereocenters. The largest absolute Gasteiger partial charge is 0.383 e. The van der Waals surface area contributed by atoms with Crippen molar-refractivity contribution < 1.29 is 9.90 Å². The maximum Gasteiger partial charge on any atom is 0.253 e. The van der Waals surface area contributed by atoms with Crippen molar-refractivity contribution in [1.82, 2.24) is 15.3 Å². The summed E-state index contributed by atoms with van der Waals surface area (Å²) in [6.07, 6.45) is 7.51. The monoisotopic (exact) mass is 319 g/mol. The molecule has 1 amide bonds. The Balaban J connectivity index is 1.55. The van der Waals surface area contributed by atoms with Crippen LogP contribution >= 0.6 is 0 Å². The van der Waals surface area contributed by atoms with Crippen LogP contribution in [0.3, 0.4) is 0 Å². The number of carbonyl (C=O) groups excluding carboxylic acids is 1. The third kappa shape index (κ3) is 4.17. The van der Waals surface area contributed by atoms with Crippen LogP contribution in [-0.4, -0.2) is 53.3 Å². The lowest BCUT2D eigenvalue weighted by atomic mass is 9.85. The van der Waals surface area contributed by atoms with E-state index in [0.29, 0.717) is 11.6 Å². The Bertz CT molecular complexity index is 510. The van der Waals surface area contributed by atoms with Crippen LogP contribution in [0, 0.1) is 5.92 Å². The summed E-state index contributed by atoms with van der Waals surface area (Å²) in [5, 5.41) is 16.2. The molecule has 1 aromatic rings. The number of aliphatic hydroxyl groups excluding tert-OH is 1. The summed E-state index contributed by atoms with van der Waals surface area (Å²) in [5.41, 5.74) is 0.531. The van der Waals surface area contributed by atoms with Gasteiger partial charge in [0.2, 0.25) is 5.95 Å². The fourth-order valence-electron chi connectivity index (χ4n) is 3.29. The van der Waals surface area contributed by atoms with Gasteiger partial charge in [-0.3, -0.25) is 4.79 Å². The summed E-state index contributed by atoms with van der Waals surface area (Å²) in [4.78, 5) is 22.9. The minimum Gasteiger partial charge on any atom is -0.383 e. The summed E-state index contributed by atoms with van der Waals surface area (Å²) in [6, 6.07) is 0. The summed E-state index contributed by atoms with van der Waals surface area (Å²) < 4.78 is 0. The Morgan fingerprint density at radius 3 is 2.52 bits per heavy atom. The normalized spacial score (nSPS) is 21.0. The van der Waals surface area contributed by atoms with E-state index in [9.17, 15) is 9.90 Å². The minimum atomic E-state index is -0.942. The molecule has 1 aliphatic heterocycles. The Hall–Kier alpha value is -1.73. The van der Waals surface area contributed by atoms with Crippen LogP contribution in [0.1, 0.15) is 32.1 Å². The quantitative estimate of drug-likeness (QED) is 0.759. The standard InChI is InChI=1S/C16H25N5O2/c22-14(12-4-2-1-3-5-12)15(23)20-13-10-18-16(19-11-13)21-8-6-17-7-9-21/h10-12,14,17,22H,1-9H2,(H,20,23). The van der Waals surface area contributed by atoms with E-state index in [1.807, 2.05) is 0 Å². The number of carbonyl (C=O) groups is 1. The van der Waals surface area contributed by atoms with Crippen LogP contribution in [0.15, 0.2) is 12.4 Å². The third-order valence-corrected chi connectivity index (χ3v) is 4.67. The highest BCUT2D eigenvalue weighted by molar-refractivity contribution is 5.93. The van der Waals surface area contributed by atoms with E-state index < -0.39 is 6.10 Å². The number of hydrogen-bond donors (Lipinski definition) is 3. The molecule has 1 saturated carbocycles. The Morgan fingerprint density at radius 1 is 1.22 bits per heavy atom. The molecule has 0 radical (unpaired) electrons. The first-order chi connectivity index (χ1) is 11.2. The predicted octanol–water partition coefficient (Wildman–Crippen LogP) is 0.766. The second-order valence-electron chi connectivity index (χ2n) is 6.34. The molecule has 3 rings (SSSR count). The predicted molar refractivity (Wildman–Crippen MR) is 88.3 cm³/mol. The molecule has 23 heavy (non-hydrogen) atoms. The number of nitrogens with one attached hydrogen (secondary N) is 2. The molecule has 2 heterocycles. The van der Waals surface area contributed by atoms with Gasteiger partial charge < -0.3 is 20.6 Å². The van der Waals surface area contributed by atoms with E-state index in [1.54, 1.807) is 12.4 Å². The van der Waals surface area contributed by atoms with Gasteiger partial charge in [-0.15, -0.1) is 0 Å². The zero-order valence-electron chi connectivity index (χ0n) is 13.4. The van der Waals surface area contributed by atoms with E-state index in [0.717, 1.165) is 51.9 Å². The SMILES string of the molecule is O=C(Nc1cnc(N2CCNCC2)nc1)C(O)C1CCCCC1. The van der Waals surface area contributed by atoms with Crippen molar-refractivity contribution in [3.63, 3.8) is 0 Å². The second-order valence-corrected chi connectivity index (χ2v) is 6.34. The molecule has 0 spiro atoms. The van der Waals surface area contributed by atoms with E-state index in [4.69, 9.17) is 0 Å². The van der Waals surface area contributed by atoms with Gasteiger partial charge in [0, 0.05) is 26.2 Å². The Labute approximate surface area is 136 Å². The number of anilines is 2. The number of piperazine rings is 1. The number of nitrogens with zero attached hydrogens (tertiary/aromatic N) is 3. The third-order valence-electron chi connectivity index (χ3n) is 4.67. The first-order valence-electron chi connectivity index (χ1n) is 8.50. The highest BCUT2D eigenvalue weighted by Gasteiger charge is 2.27. The average molecular weight is 319 g/mol. The smallest absolute Gasteiger partial charge is 0.253 e. The van der Waals surface area contributed by atoms with Gasteiger partial charge in [-0.1, -0.05) is 19.3 Å². The van der Waals surface area contributed by atoms with Gasteiger partial charge in [0.15, 0.2) is 0 Å². The van der Waals surface area contributed by atoms with E-state index >= 15 is 0 Å². The van der Waals surface area contributed by atoms with Crippen LogP contribution < -0.4 is 15.5 Å². The molecule has 0 aromatic carbocycles. The van der Waals surface area contributed by atoms with Crippen molar-refractivity contribution >= 4 is 17.5 Å². The lowest BCUT2D eigenvalue weighted by molar-refractivity contribution is -0.127. The van der Waals surface area contributed by atoms with Gasteiger partial charge in [-0.05, 0) is 18.8 Å². The maximum atomic E-state index is 12.2. The van der Waals surface area contributed by atoms with Gasteiger partial charge in [0.05, 0.1) is 18.1 Å². The topological polar surface area (TPSA) is 90.4 Å². The number of rotatable bonds is 4. The highest BCUT2D eigenvalue weighted by atomic mass is 16.3. The van der Waals surface area contributed by atoms with Crippen LogP contribution in [0.5, 0.6) is 0 Å². The minimum absolute atomic E-state index is 0.0739. The molecular weight excluding hydrogens is 294 g/mol. The summed E-state index contributed by atoms with van der Waals surface area (Å²) in [7, 11) is 0. The molecule has 1 unspecified atom stereocenters. The maximum absolute atomic E-state index is 12.2. The summed E-state index contributed by atoms with van der Waals surface area (Å²) in [6.45, 7) is 3.61. The average Bonchev–Trinajstić information content (AvgIpc) is 2.63. The van der Waals surface area contributed by atoms with Crippen molar-refractivity contribution in [2.45, 2.75) is 38.2 Å². The highest BCUT2D eigenvalue weighted by Crippen LogP contribution is 2.27. The molecule has 7 heteroatoms. The Morgan fingerprint density at radius 2 is 1.87 bits per heavy atom. The van der Waals surface area contributed by atoms with Gasteiger partial charge in [-0.2, -0.15) is 0 Å². The molecule has 2 aliphatic rings. The molecule has 1 aromatic heterocycles. The zero-order chi connectivity index (χ0) is 16.1. The van der Waals surface area contributed by atoms with Crippen molar-refractivity contribution in [1.29, 1.82) is 0 Å². The fraction of sp³-hybridized carbons (Fsp3) is 0.688. The van der Waals surface area contributed by atoms with Crippen molar-refractivity contribution in [3.8, 4) is 0 Å². The van der Waals surface area contributed by atoms with Gasteiger partial charge in [0.25, 0.3) is 5.91 Å². The van der Waals surface area contributed by atoms with Crippen LogP contribution in [0.4, 0.5) is 11.6 Å². The first kappa shape index (κ1) is 16.1. The Kier molecular flexibility index (Phi) is 5.40. The molecule has 1 aliphatic carbocycles. The fourth-order valence-corrected chi connectivity index (χ4v) is 3.29. The molecule has 126 valence electrons. The van der Waals surface area contributed by atoms with Crippen molar-refractivity contribution in [3.05, 3.63) is 12.4 Å². The van der Waals surface area contributed by atoms with Crippen LogP contribution in [-0.2, 0) is 4.79 Å². The molecule has 1 saturated heterocycles. The van der Waals surface area contributed by atoms with Gasteiger partial charge in [0.1, 0.15) is 6.10 Å². The van der Waals surface area contributed by atoms with E-state index in [2.05, 4.69) is 25.5 Å². The molecular formula is C16H25N5O2. The number of aromatic nitrogens is 2. The second kappa shape index (κ2) is 7.70. The van der Waals surface area contributed by atoms with Crippen LogP contribution in [0.25, 0.3) is 0 Å². The molecule has 3 N–H and O–H groups in total. The zero-order valence-corrected chi connectivity index (χ0v) is 13.4. The number of aliphatic hydroxyl groups is 1. The lowest BCUT2D eigenvalue weighted by Crippen LogP contribution is -2.44. The van der Waals surface area contributed by atoms with Gasteiger partial charge in [-0.25, -0.2) is 9.97 Å². The first-order valence-corrected chi connectivity index (χ1v) is 8.50. The van der Waals surface area contributed by atoms with E-state index in [1.165, 1.54) is 6.42 Å². The summed E-state index contributed by atoms with van der Waals surface area (Å²) >= 11 is 0. The molecule has 2 fully saturated rings. The number of hydrogen-bond acceptors (Lipinski definition) is 6. The lowest BCUT2D eigenvalue weighted by Gasteiger charge is -2.27. The molecule has 7 nitrogen and oxygen atoms in total. The summed E-state index contributed by atoms with van der Waals surface area (Å²) in [5.74, 6) is 0.401. The van der Waals surface area contributed by atoms with Crippen LogP contribution in [0.2, 0.25) is 0 Å². The number of amides is 1. The molecule has 0 bridgehead atoms. The van der Waals surface area contributed by atoms with E-state index in [-0.39, 0.29) is 11.8 Å².